The van der Waals surface area contributed by atoms with Crippen LogP contribution in [0.2, 0.25) is 0 Å². The second kappa shape index (κ2) is 8.68. The van der Waals surface area contributed by atoms with Crippen LogP contribution < -0.4 is 19.5 Å². The third kappa shape index (κ3) is 4.12. The van der Waals surface area contributed by atoms with E-state index in [1.54, 1.807) is 24.3 Å². The van der Waals surface area contributed by atoms with Crippen LogP contribution in [0.5, 0.6) is 17.2 Å². The summed E-state index contributed by atoms with van der Waals surface area (Å²) in [5.41, 5.74) is 1.35. The number of nitro groups is 1. The van der Waals surface area contributed by atoms with Gasteiger partial charge in [0.15, 0.2) is 11.5 Å². The van der Waals surface area contributed by atoms with E-state index in [-0.39, 0.29) is 23.4 Å². The minimum Gasteiger partial charge on any atom is -0.493 e. The number of methoxy groups -OCH3 is 3. The molecule has 0 unspecified atom stereocenters. The number of hydrogen-bond acceptors (Lipinski definition) is 9. The molecule has 0 fully saturated rings. The van der Waals surface area contributed by atoms with Gasteiger partial charge in [0.05, 0.1) is 26.3 Å². The second-order valence-electron chi connectivity index (χ2n) is 6.63. The zero-order chi connectivity index (χ0) is 21.8. The van der Waals surface area contributed by atoms with Gasteiger partial charge < -0.3 is 24.1 Å². The van der Waals surface area contributed by atoms with Gasteiger partial charge >= 0.3 is 0 Å². The lowest BCUT2D eigenvalue weighted by atomic mass is 10.1. The van der Waals surface area contributed by atoms with Gasteiger partial charge in [0.1, 0.15) is 5.69 Å². The summed E-state index contributed by atoms with van der Waals surface area (Å²) in [5.74, 6) is 1.75. The summed E-state index contributed by atoms with van der Waals surface area (Å²) in [6.07, 6.45) is 0. The molecule has 0 aliphatic carbocycles. The third-order valence-electron chi connectivity index (χ3n) is 4.23. The Morgan fingerprint density at radius 2 is 1.70 bits per heavy atom. The average Bonchev–Trinajstić information content (AvgIpc) is 3.22. The molecule has 0 aliphatic rings. The number of hydrogen-bond donors (Lipinski definition) is 1. The van der Waals surface area contributed by atoms with Crippen molar-refractivity contribution in [2.24, 2.45) is 0 Å². The van der Waals surface area contributed by atoms with Gasteiger partial charge in [0.2, 0.25) is 11.6 Å². The summed E-state index contributed by atoms with van der Waals surface area (Å²) < 4.78 is 21.4. The fraction of sp³-hybridized carbons (Fsp3) is 0.300. The van der Waals surface area contributed by atoms with E-state index in [0.717, 1.165) is 0 Å². The normalized spacial score (nSPS) is 10.7. The van der Waals surface area contributed by atoms with Gasteiger partial charge in [-0.2, -0.15) is 4.98 Å². The molecule has 1 aromatic heterocycles. The van der Waals surface area contributed by atoms with Gasteiger partial charge in [0, 0.05) is 23.2 Å². The topological polar surface area (TPSA) is 122 Å². The van der Waals surface area contributed by atoms with Gasteiger partial charge in [-0.05, 0) is 38.1 Å². The maximum Gasteiger partial charge on any atom is 0.293 e. The molecule has 0 saturated heterocycles. The lowest BCUT2D eigenvalue weighted by molar-refractivity contribution is -0.383. The highest BCUT2D eigenvalue weighted by Crippen LogP contribution is 2.41. The van der Waals surface area contributed by atoms with Crippen molar-refractivity contribution in [2.45, 2.75) is 19.9 Å². The van der Waals surface area contributed by atoms with Gasteiger partial charge in [0.25, 0.3) is 11.6 Å². The van der Waals surface area contributed by atoms with Gasteiger partial charge in [-0.15, -0.1) is 0 Å². The van der Waals surface area contributed by atoms with E-state index < -0.39 is 4.92 Å². The Kier molecular flexibility index (Phi) is 6.05. The molecule has 0 amide bonds. The third-order valence-corrected chi connectivity index (χ3v) is 4.23. The van der Waals surface area contributed by atoms with Gasteiger partial charge in [-0.1, -0.05) is 5.16 Å². The van der Waals surface area contributed by atoms with E-state index in [2.05, 4.69) is 15.5 Å². The molecule has 3 rings (SSSR count). The SMILES string of the molecule is COc1cc(-c2noc(-c3ccc(NC(C)C)c([N+](=O)[O-])c3)n2)cc(OC)c1OC. The summed E-state index contributed by atoms with van der Waals surface area (Å²) in [7, 11) is 4.53. The van der Waals surface area contributed by atoms with E-state index in [9.17, 15) is 10.1 Å². The van der Waals surface area contributed by atoms with E-state index in [1.807, 2.05) is 13.8 Å². The van der Waals surface area contributed by atoms with Crippen LogP contribution in [-0.4, -0.2) is 42.4 Å². The first-order valence-corrected chi connectivity index (χ1v) is 9.07. The summed E-state index contributed by atoms with van der Waals surface area (Å²) >= 11 is 0. The summed E-state index contributed by atoms with van der Waals surface area (Å²) in [5, 5.41) is 18.5. The standard InChI is InChI=1S/C20H22N4O6/c1-11(2)21-14-7-6-12(8-15(14)24(25)26)20-22-19(23-30-20)13-9-16(27-3)18(29-5)17(10-13)28-4/h6-11,21H,1-5H3. The second-order valence-corrected chi connectivity index (χ2v) is 6.63. The monoisotopic (exact) mass is 414 g/mol. The molecule has 0 atom stereocenters. The predicted octanol–water partition coefficient (Wildman–Crippen LogP) is 4.16. The molecule has 158 valence electrons. The molecule has 0 bridgehead atoms. The largest absolute Gasteiger partial charge is 0.493 e. The minimum atomic E-state index is -0.454. The lowest BCUT2D eigenvalue weighted by Gasteiger charge is -2.12. The number of nitrogens with zero attached hydrogens (tertiary/aromatic N) is 3. The Morgan fingerprint density at radius 3 is 2.23 bits per heavy atom. The van der Waals surface area contributed by atoms with Gasteiger partial charge in [-0.25, -0.2) is 0 Å². The van der Waals surface area contributed by atoms with Crippen LogP contribution in [0.3, 0.4) is 0 Å². The van der Waals surface area contributed by atoms with Crippen molar-refractivity contribution >= 4 is 11.4 Å². The molecule has 2 aromatic carbocycles. The zero-order valence-electron chi connectivity index (χ0n) is 17.3. The summed E-state index contributed by atoms with van der Waals surface area (Å²) in [6, 6.07) is 8.13. The number of nitrogens with one attached hydrogen (secondary N) is 1. The summed E-state index contributed by atoms with van der Waals surface area (Å²) in [6.45, 7) is 3.80. The van der Waals surface area contributed by atoms with Crippen molar-refractivity contribution in [3.63, 3.8) is 0 Å². The Hall–Kier alpha value is -3.82. The molecular weight excluding hydrogens is 392 g/mol. The first-order chi connectivity index (χ1) is 14.4. The molecule has 30 heavy (non-hydrogen) atoms. The number of anilines is 1. The molecule has 0 spiro atoms. The van der Waals surface area contributed by atoms with Crippen molar-refractivity contribution in [1.82, 2.24) is 10.1 Å². The molecule has 10 nitrogen and oxygen atoms in total. The average molecular weight is 414 g/mol. The fourth-order valence-corrected chi connectivity index (χ4v) is 2.92. The van der Waals surface area contributed by atoms with Crippen LogP contribution in [0, 0.1) is 10.1 Å². The highest BCUT2D eigenvalue weighted by molar-refractivity contribution is 5.72. The van der Waals surface area contributed by atoms with E-state index in [4.69, 9.17) is 18.7 Å². The van der Waals surface area contributed by atoms with Crippen LogP contribution in [0.1, 0.15) is 13.8 Å². The lowest BCUT2D eigenvalue weighted by Crippen LogP contribution is -2.11. The molecule has 10 heteroatoms. The Labute approximate surface area is 172 Å². The molecular formula is C20H22N4O6. The number of ether oxygens (including phenoxy) is 3. The molecule has 3 aromatic rings. The number of aromatic nitrogens is 2. The van der Waals surface area contributed by atoms with E-state index in [0.29, 0.717) is 34.1 Å². The maximum absolute atomic E-state index is 11.5. The Bertz CT molecular complexity index is 1040. The molecule has 1 heterocycles. The van der Waals surface area contributed by atoms with Crippen LogP contribution in [0.4, 0.5) is 11.4 Å². The number of rotatable bonds is 8. The van der Waals surface area contributed by atoms with Crippen LogP contribution in [-0.2, 0) is 0 Å². The highest BCUT2D eigenvalue weighted by Gasteiger charge is 2.21. The molecule has 1 N–H and O–H groups in total. The van der Waals surface area contributed by atoms with Crippen LogP contribution in [0.25, 0.3) is 22.8 Å². The Balaban J connectivity index is 2.01. The zero-order valence-corrected chi connectivity index (χ0v) is 17.3. The maximum atomic E-state index is 11.5. The quantitative estimate of drug-likeness (QED) is 0.427. The fourth-order valence-electron chi connectivity index (χ4n) is 2.92. The Morgan fingerprint density at radius 1 is 1.03 bits per heavy atom. The number of benzene rings is 2. The van der Waals surface area contributed by atoms with Crippen LogP contribution >= 0.6 is 0 Å². The first-order valence-electron chi connectivity index (χ1n) is 9.07. The number of nitro benzene ring substituents is 1. The van der Waals surface area contributed by atoms with Crippen LogP contribution in [0.15, 0.2) is 34.9 Å². The van der Waals surface area contributed by atoms with Gasteiger partial charge in [-0.3, -0.25) is 10.1 Å². The van der Waals surface area contributed by atoms with Crippen molar-refractivity contribution in [3.05, 3.63) is 40.4 Å². The van der Waals surface area contributed by atoms with E-state index in [1.165, 1.54) is 27.4 Å². The smallest absolute Gasteiger partial charge is 0.293 e. The van der Waals surface area contributed by atoms with E-state index >= 15 is 0 Å². The van der Waals surface area contributed by atoms with Crippen molar-refractivity contribution in [2.75, 3.05) is 26.6 Å². The first kappa shape index (κ1) is 20.9. The predicted molar refractivity (Wildman–Crippen MR) is 110 cm³/mol. The van der Waals surface area contributed by atoms with Crippen molar-refractivity contribution in [1.29, 1.82) is 0 Å². The van der Waals surface area contributed by atoms with Crippen molar-refractivity contribution < 1.29 is 23.7 Å². The summed E-state index contributed by atoms with van der Waals surface area (Å²) in [4.78, 5) is 15.4. The molecule has 0 radical (unpaired) electrons. The molecule has 0 aliphatic heterocycles. The molecule has 0 saturated carbocycles. The highest BCUT2D eigenvalue weighted by atomic mass is 16.6. The minimum absolute atomic E-state index is 0.0459. The van der Waals surface area contributed by atoms with Crippen molar-refractivity contribution in [3.8, 4) is 40.1 Å².